The lowest BCUT2D eigenvalue weighted by Crippen LogP contribution is -2.23. The van der Waals surface area contributed by atoms with Crippen molar-refractivity contribution in [1.29, 1.82) is 0 Å². The molecule has 0 aliphatic rings. The number of amides is 1. The Morgan fingerprint density at radius 3 is 2.52 bits per heavy atom. The SMILES string of the molecule is COC(=O)c1ccc(CNC(=O)c2cccc3ccn(Cc4cc5ccccc5s4)c23)cc1. The summed E-state index contributed by atoms with van der Waals surface area (Å²) in [5, 5.41) is 5.28. The fourth-order valence-corrected chi connectivity index (χ4v) is 5.08. The highest BCUT2D eigenvalue weighted by molar-refractivity contribution is 7.19. The molecule has 0 aliphatic carbocycles. The first-order valence-corrected chi connectivity index (χ1v) is 11.4. The van der Waals surface area contributed by atoms with Gasteiger partial charge in [0.25, 0.3) is 5.91 Å². The fourth-order valence-electron chi connectivity index (χ4n) is 4.01. The molecule has 5 rings (SSSR count). The minimum atomic E-state index is -0.378. The van der Waals surface area contributed by atoms with Crippen molar-refractivity contribution < 1.29 is 14.3 Å². The van der Waals surface area contributed by atoms with Crippen molar-refractivity contribution >= 4 is 44.2 Å². The van der Waals surface area contributed by atoms with E-state index in [4.69, 9.17) is 4.74 Å². The van der Waals surface area contributed by atoms with E-state index in [2.05, 4.69) is 40.2 Å². The highest BCUT2D eigenvalue weighted by atomic mass is 32.1. The predicted octanol–water partition coefficient (Wildman–Crippen LogP) is 5.62. The molecule has 5 nitrogen and oxygen atoms in total. The Morgan fingerprint density at radius 1 is 0.939 bits per heavy atom. The molecule has 6 heteroatoms. The molecule has 0 saturated carbocycles. The number of benzene rings is 3. The number of para-hydroxylation sites is 1. The smallest absolute Gasteiger partial charge is 0.337 e. The average Bonchev–Trinajstić information content (AvgIpc) is 3.46. The van der Waals surface area contributed by atoms with Crippen molar-refractivity contribution in [2.75, 3.05) is 7.11 Å². The van der Waals surface area contributed by atoms with E-state index in [0.29, 0.717) is 24.2 Å². The van der Waals surface area contributed by atoms with Crippen molar-refractivity contribution in [3.8, 4) is 0 Å². The zero-order valence-electron chi connectivity index (χ0n) is 18.1. The van der Waals surface area contributed by atoms with Gasteiger partial charge in [-0.1, -0.05) is 42.5 Å². The molecule has 0 saturated heterocycles. The van der Waals surface area contributed by atoms with Gasteiger partial charge in [-0.3, -0.25) is 4.79 Å². The molecule has 2 heterocycles. The van der Waals surface area contributed by atoms with E-state index < -0.39 is 0 Å². The molecule has 3 aromatic carbocycles. The highest BCUT2D eigenvalue weighted by Crippen LogP contribution is 2.28. The van der Waals surface area contributed by atoms with Gasteiger partial charge in [0.15, 0.2) is 0 Å². The largest absolute Gasteiger partial charge is 0.465 e. The minimum Gasteiger partial charge on any atom is -0.465 e. The molecule has 0 spiro atoms. The average molecular weight is 455 g/mol. The molecule has 0 unspecified atom stereocenters. The molecule has 2 aromatic heterocycles. The van der Waals surface area contributed by atoms with Gasteiger partial charge in [0.1, 0.15) is 0 Å². The van der Waals surface area contributed by atoms with Crippen molar-refractivity contribution in [3.63, 3.8) is 0 Å². The molecule has 0 atom stereocenters. The van der Waals surface area contributed by atoms with E-state index in [1.807, 2.05) is 42.6 Å². The second-order valence-electron chi connectivity index (χ2n) is 7.81. The van der Waals surface area contributed by atoms with Crippen molar-refractivity contribution in [3.05, 3.63) is 107 Å². The van der Waals surface area contributed by atoms with Crippen LogP contribution in [0.25, 0.3) is 21.0 Å². The van der Waals surface area contributed by atoms with Gasteiger partial charge >= 0.3 is 5.97 Å². The maximum Gasteiger partial charge on any atom is 0.337 e. The Morgan fingerprint density at radius 2 is 1.73 bits per heavy atom. The number of carbonyl (C=O) groups is 2. The van der Waals surface area contributed by atoms with Crippen LogP contribution in [0, 0.1) is 0 Å². The number of carbonyl (C=O) groups excluding carboxylic acids is 2. The molecular formula is C27H22N2O3S. The van der Waals surface area contributed by atoms with Gasteiger partial charge in [0, 0.05) is 27.7 Å². The van der Waals surface area contributed by atoms with Gasteiger partial charge in [-0.15, -0.1) is 11.3 Å². The fraction of sp³-hybridized carbons (Fsp3) is 0.111. The molecule has 0 aliphatic heterocycles. The first-order valence-electron chi connectivity index (χ1n) is 10.6. The number of aromatic nitrogens is 1. The summed E-state index contributed by atoms with van der Waals surface area (Å²) in [5.74, 6) is -0.509. The van der Waals surface area contributed by atoms with Crippen molar-refractivity contribution in [2.45, 2.75) is 13.1 Å². The van der Waals surface area contributed by atoms with Crippen LogP contribution in [0.3, 0.4) is 0 Å². The lowest BCUT2D eigenvalue weighted by atomic mass is 10.1. The molecule has 5 aromatic rings. The highest BCUT2D eigenvalue weighted by Gasteiger charge is 2.14. The third-order valence-corrected chi connectivity index (χ3v) is 6.76. The normalized spacial score (nSPS) is 11.1. The summed E-state index contributed by atoms with van der Waals surface area (Å²) in [6, 6.07) is 25.5. The van der Waals surface area contributed by atoms with Gasteiger partial charge in [0.2, 0.25) is 0 Å². The molecule has 164 valence electrons. The van der Waals surface area contributed by atoms with Crippen LogP contribution >= 0.6 is 11.3 Å². The van der Waals surface area contributed by atoms with E-state index >= 15 is 0 Å². The van der Waals surface area contributed by atoms with Crippen LogP contribution in [0.5, 0.6) is 0 Å². The Hall–Kier alpha value is -3.90. The molecule has 1 N–H and O–H groups in total. The third-order valence-electron chi connectivity index (χ3n) is 5.66. The topological polar surface area (TPSA) is 60.3 Å². The van der Waals surface area contributed by atoms with Crippen LogP contribution in [0.2, 0.25) is 0 Å². The summed E-state index contributed by atoms with van der Waals surface area (Å²) < 4.78 is 8.13. The summed E-state index contributed by atoms with van der Waals surface area (Å²) >= 11 is 1.78. The maximum absolute atomic E-state index is 13.1. The van der Waals surface area contributed by atoms with Crippen LogP contribution < -0.4 is 5.32 Å². The first kappa shape index (κ1) is 21.0. The number of hydrogen-bond acceptors (Lipinski definition) is 4. The Bertz CT molecular complexity index is 1430. The summed E-state index contributed by atoms with van der Waals surface area (Å²) in [6.45, 7) is 1.08. The lowest BCUT2D eigenvalue weighted by molar-refractivity contribution is 0.0600. The quantitative estimate of drug-likeness (QED) is 0.339. The van der Waals surface area contributed by atoms with Gasteiger partial charge < -0.3 is 14.6 Å². The van der Waals surface area contributed by atoms with E-state index in [1.165, 1.54) is 22.1 Å². The lowest BCUT2D eigenvalue weighted by Gasteiger charge is -2.10. The summed E-state index contributed by atoms with van der Waals surface area (Å²) in [5.41, 5.74) is 2.96. The van der Waals surface area contributed by atoms with E-state index in [9.17, 15) is 9.59 Å². The number of fused-ring (bicyclic) bond motifs is 2. The summed E-state index contributed by atoms with van der Waals surface area (Å²) in [4.78, 5) is 25.9. The standard InChI is InChI=1S/C27H22N2O3S/c1-32-27(31)20-11-9-18(10-12-20)16-28-26(30)23-7-4-6-19-13-14-29(25(19)23)17-22-15-21-5-2-3-8-24(21)33-22/h2-15H,16-17H2,1H3,(H,28,30). The Kier molecular flexibility index (Phi) is 5.67. The van der Waals surface area contributed by atoms with Gasteiger partial charge in [-0.05, 0) is 47.3 Å². The van der Waals surface area contributed by atoms with Gasteiger partial charge in [0.05, 0.1) is 30.3 Å². The molecule has 0 bridgehead atoms. The third kappa shape index (κ3) is 4.25. The summed E-state index contributed by atoms with van der Waals surface area (Å²) in [6.07, 6.45) is 2.04. The Balaban J connectivity index is 1.37. The van der Waals surface area contributed by atoms with Gasteiger partial charge in [-0.25, -0.2) is 4.79 Å². The van der Waals surface area contributed by atoms with Crippen LogP contribution in [0.4, 0.5) is 0 Å². The van der Waals surface area contributed by atoms with Crippen LogP contribution in [-0.4, -0.2) is 23.6 Å². The number of esters is 1. The van der Waals surface area contributed by atoms with E-state index in [1.54, 1.807) is 23.5 Å². The predicted molar refractivity (Wildman–Crippen MR) is 132 cm³/mol. The number of thiophene rings is 1. The number of rotatable bonds is 6. The zero-order chi connectivity index (χ0) is 22.8. The number of nitrogens with zero attached hydrogens (tertiary/aromatic N) is 1. The summed E-state index contributed by atoms with van der Waals surface area (Å²) in [7, 11) is 1.35. The van der Waals surface area contributed by atoms with Gasteiger partial charge in [-0.2, -0.15) is 0 Å². The zero-order valence-corrected chi connectivity index (χ0v) is 18.9. The monoisotopic (exact) mass is 454 g/mol. The number of hydrogen-bond donors (Lipinski definition) is 1. The van der Waals surface area contributed by atoms with Crippen LogP contribution in [0.15, 0.2) is 85.1 Å². The van der Waals surface area contributed by atoms with E-state index in [0.717, 1.165) is 16.5 Å². The van der Waals surface area contributed by atoms with Crippen LogP contribution in [0.1, 0.15) is 31.2 Å². The van der Waals surface area contributed by atoms with Crippen LogP contribution in [-0.2, 0) is 17.8 Å². The number of nitrogens with one attached hydrogen (secondary N) is 1. The van der Waals surface area contributed by atoms with Crippen molar-refractivity contribution in [2.24, 2.45) is 0 Å². The Labute approximate surface area is 195 Å². The van der Waals surface area contributed by atoms with E-state index in [-0.39, 0.29) is 11.9 Å². The molecule has 0 fully saturated rings. The minimum absolute atomic E-state index is 0.131. The molecule has 0 radical (unpaired) electrons. The first-order chi connectivity index (χ1) is 16.1. The number of methoxy groups -OCH3 is 1. The van der Waals surface area contributed by atoms with Crippen molar-refractivity contribution in [1.82, 2.24) is 9.88 Å². The molecule has 1 amide bonds. The molecular weight excluding hydrogens is 432 g/mol. The number of ether oxygens (including phenoxy) is 1. The molecule has 33 heavy (non-hydrogen) atoms. The maximum atomic E-state index is 13.1. The second kappa shape index (κ2) is 8.92. The second-order valence-corrected chi connectivity index (χ2v) is 8.98.